The summed E-state index contributed by atoms with van der Waals surface area (Å²) in [5, 5.41) is 13.4. The van der Waals surface area contributed by atoms with Crippen molar-refractivity contribution in [3.05, 3.63) is 0 Å². The van der Waals surface area contributed by atoms with Gasteiger partial charge in [-0.1, -0.05) is 0 Å². The van der Waals surface area contributed by atoms with Crippen LogP contribution in [-0.4, -0.2) is 72.2 Å². The molecule has 17 heavy (non-hydrogen) atoms. The summed E-state index contributed by atoms with van der Waals surface area (Å²) in [6.07, 6.45) is 1.81. The number of rotatable bonds is 2. The number of hydrogen-bond acceptors (Lipinski definition) is 4. The first kappa shape index (κ1) is 12.8. The van der Waals surface area contributed by atoms with E-state index in [0.717, 1.165) is 39.0 Å². The first-order valence-electron chi connectivity index (χ1n) is 6.48. The molecule has 0 aromatic carbocycles. The van der Waals surface area contributed by atoms with E-state index in [1.165, 1.54) is 0 Å². The molecule has 2 N–H and O–H groups in total. The van der Waals surface area contributed by atoms with Crippen LogP contribution < -0.4 is 5.32 Å². The van der Waals surface area contributed by atoms with Crippen LogP contribution in [0.15, 0.2) is 0 Å². The first-order valence-corrected chi connectivity index (χ1v) is 6.48. The van der Waals surface area contributed by atoms with E-state index in [0.29, 0.717) is 0 Å². The van der Waals surface area contributed by atoms with Crippen molar-refractivity contribution >= 4 is 5.91 Å². The van der Waals surface area contributed by atoms with Crippen molar-refractivity contribution in [3.63, 3.8) is 0 Å². The third-order valence-corrected chi connectivity index (χ3v) is 4.18. The average Bonchev–Trinajstić information content (AvgIpc) is 2.70. The van der Waals surface area contributed by atoms with Crippen molar-refractivity contribution in [2.24, 2.45) is 0 Å². The van der Waals surface area contributed by atoms with Gasteiger partial charge in [0, 0.05) is 45.2 Å². The van der Waals surface area contributed by atoms with Gasteiger partial charge < -0.3 is 15.3 Å². The number of aliphatic hydroxyl groups is 1. The monoisotopic (exact) mass is 241 g/mol. The summed E-state index contributed by atoms with van der Waals surface area (Å²) in [4.78, 5) is 15.5. The number of carbonyl (C=O) groups excluding carboxylic acids is 1. The molecule has 98 valence electrons. The van der Waals surface area contributed by atoms with E-state index >= 15 is 0 Å². The Labute approximate surface area is 103 Å². The van der Waals surface area contributed by atoms with E-state index in [2.05, 4.69) is 10.2 Å². The molecule has 1 aliphatic heterocycles. The number of aliphatic hydroxyl groups excluding tert-OH is 1. The van der Waals surface area contributed by atoms with Crippen molar-refractivity contribution in [2.75, 3.05) is 33.2 Å². The summed E-state index contributed by atoms with van der Waals surface area (Å²) in [5.74, 6) is 0.157. The minimum absolute atomic E-state index is 0.157. The molecule has 0 aromatic heterocycles. The van der Waals surface area contributed by atoms with Crippen molar-refractivity contribution < 1.29 is 9.90 Å². The van der Waals surface area contributed by atoms with Crippen LogP contribution in [0, 0.1) is 0 Å². The largest absolute Gasteiger partial charge is 0.390 e. The standard InChI is InChI=1S/C12H23N3O2/c1-9(16)14-5-7-15(8-6-14)11-4-3-10(13-2)12(11)17/h10-13,17H,3-8H2,1-2H3/t10-,11-,12-/m1/s1. The van der Waals surface area contributed by atoms with Gasteiger partial charge in [-0.2, -0.15) is 0 Å². The number of carbonyl (C=O) groups is 1. The van der Waals surface area contributed by atoms with Crippen molar-refractivity contribution in [2.45, 2.75) is 38.0 Å². The second kappa shape index (κ2) is 5.33. The topological polar surface area (TPSA) is 55.8 Å². The van der Waals surface area contributed by atoms with Crippen LogP contribution in [-0.2, 0) is 4.79 Å². The summed E-state index contributed by atoms with van der Waals surface area (Å²) in [7, 11) is 1.91. The fourth-order valence-corrected chi connectivity index (χ4v) is 3.04. The Kier molecular flexibility index (Phi) is 4.01. The average molecular weight is 241 g/mol. The molecule has 2 aliphatic rings. The highest BCUT2D eigenvalue weighted by Gasteiger charge is 2.38. The van der Waals surface area contributed by atoms with E-state index in [4.69, 9.17) is 0 Å². The third-order valence-electron chi connectivity index (χ3n) is 4.18. The molecule has 2 rings (SSSR count). The van der Waals surface area contributed by atoms with Gasteiger partial charge in [0.2, 0.25) is 5.91 Å². The minimum atomic E-state index is -0.274. The molecule has 1 heterocycles. The molecule has 0 radical (unpaired) electrons. The first-order chi connectivity index (χ1) is 8.13. The molecule has 5 nitrogen and oxygen atoms in total. The normalized spacial score (nSPS) is 35.2. The second-order valence-corrected chi connectivity index (χ2v) is 5.07. The van der Waals surface area contributed by atoms with E-state index < -0.39 is 0 Å². The van der Waals surface area contributed by atoms with Gasteiger partial charge in [-0.05, 0) is 19.9 Å². The molecule has 0 aromatic rings. The maximum atomic E-state index is 11.2. The predicted molar refractivity (Wildman–Crippen MR) is 65.7 cm³/mol. The number of hydrogen-bond donors (Lipinski definition) is 2. The van der Waals surface area contributed by atoms with Crippen LogP contribution in [0.5, 0.6) is 0 Å². The fourth-order valence-electron chi connectivity index (χ4n) is 3.04. The highest BCUT2D eigenvalue weighted by molar-refractivity contribution is 5.73. The van der Waals surface area contributed by atoms with Gasteiger partial charge in [-0.3, -0.25) is 9.69 Å². The van der Waals surface area contributed by atoms with Gasteiger partial charge in [-0.15, -0.1) is 0 Å². The zero-order valence-electron chi connectivity index (χ0n) is 10.7. The molecule has 1 saturated heterocycles. The molecule has 5 heteroatoms. The van der Waals surface area contributed by atoms with Crippen molar-refractivity contribution in [3.8, 4) is 0 Å². The lowest BCUT2D eigenvalue weighted by molar-refractivity contribution is -0.131. The quantitative estimate of drug-likeness (QED) is 0.669. The summed E-state index contributed by atoms with van der Waals surface area (Å²) in [5.41, 5.74) is 0. The molecule has 1 amide bonds. The Hall–Kier alpha value is -0.650. The molecule has 3 atom stereocenters. The Bertz CT molecular complexity index is 277. The molecule has 1 aliphatic carbocycles. The SMILES string of the molecule is CN[C@@H]1CC[C@@H](N2CCN(C(C)=O)CC2)[C@@H]1O. The number of nitrogens with one attached hydrogen (secondary N) is 1. The lowest BCUT2D eigenvalue weighted by Gasteiger charge is -2.39. The summed E-state index contributed by atoms with van der Waals surface area (Å²) in [6, 6.07) is 0.493. The molecular formula is C12H23N3O2. The van der Waals surface area contributed by atoms with Crippen LogP contribution in [0.2, 0.25) is 0 Å². The molecular weight excluding hydrogens is 218 g/mol. The number of amides is 1. The Morgan fingerprint density at radius 3 is 2.35 bits per heavy atom. The van der Waals surface area contributed by atoms with Crippen LogP contribution in [0.1, 0.15) is 19.8 Å². The molecule has 0 unspecified atom stereocenters. The van der Waals surface area contributed by atoms with Crippen LogP contribution >= 0.6 is 0 Å². The number of likely N-dealkylation sites (N-methyl/N-ethyl adjacent to an activating group) is 1. The third kappa shape index (κ3) is 2.61. The molecule has 0 bridgehead atoms. The second-order valence-electron chi connectivity index (χ2n) is 5.07. The Morgan fingerprint density at radius 1 is 1.24 bits per heavy atom. The van der Waals surface area contributed by atoms with E-state index in [1.54, 1.807) is 6.92 Å². The zero-order valence-corrected chi connectivity index (χ0v) is 10.7. The minimum Gasteiger partial charge on any atom is -0.390 e. The predicted octanol–water partition coefficient (Wildman–Crippen LogP) is -0.738. The highest BCUT2D eigenvalue weighted by Crippen LogP contribution is 2.25. The van der Waals surface area contributed by atoms with E-state index in [1.807, 2.05) is 11.9 Å². The molecule has 0 spiro atoms. The fraction of sp³-hybridized carbons (Fsp3) is 0.917. The van der Waals surface area contributed by atoms with Gasteiger partial charge in [0.15, 0.2) is 0 Å². The van der Waals surface area contributed by atoms with E-state index in [9.17, 15) is 9.90 Å². The number of nitrogens with zero attached hydrogens (tertiary/aromatic N) is 2. The zero-order chi connectivity index (χ0) is 12.4. The van der Waals surface area contributed by atoms with Gasteiger partial charge in [0.1, 0.15) is 0 Å². The lowest BCUT2D eigenvalue weighted by atomic mass is 10.1. The smallest absolute Gasteiger partial charge is 0.219 e. The lowest BCUT2D eigenvalue weighted by Crippen LogP contribution is -2.54. The molecule has 1 saturated carbocycles. The van der Waals surface area contributed by atoms with Gasteiger partial charge >= 0.3 is 0 Å². The van der Waals surface area contributed by atoms with Crippen molar-refractivity contribution in [1.82, 2.24) is 15.1 Å². The summed E-state index contributed by atoms with van der Waals surface area (Å²) < 4.78 is 0. The Balaban J connectivity index is 1.87. The maximum absolute atomic E-state index is 11.2. The highest BCUT2D eigenvalue weighted by atomic mass is 16.3. The van der Waals surface area contributed by atoms with E-state index in [-0.39, 0.29) is 24.1 Å². The number of piperazine rings is 1. The van der Waals surface area contributed by atoms with Gasteiger partial charge in [0.25, 0.3) is 0 Å². The summed E-state index contributed by atoms with van der Waals surface area (Å²) in [6.45, 7) is 4.98. The van der Waals surface area contributed by atoms with Gasteiger partial charge in [0.05, 0.1) is 6.10 Å². The van der Waals surface area contributed by atoms with Crippen LogP contribution in [0.3, 0.4) is 0 Å². The van der Waals surface area contributed by atoms with Crippen LogP contribution in [0.25, 0.3) is 0 Å². The van der Waals surface area contributed by atoms with Crippen LogP contribution in [0.4, 0.5) is 0 Å². The van der Waals surface area contributed by atoms with Gasteiger partial charge in [-0.25, -0.2) is 0 Å². The van der Waals surface area contributed by atoms with Crippen molar-refractivity contribution in [1.29, 1.82) is 0 Å². The molecule has 2 fully saturated rings. The maximum Gasteiger partial charge on any atom is 0.219 e. The Morgan fingerprint density at radius 2 is 1.88 bits per heavy atom. The summed E-state index contributed by atoms with van der Waals surface area (Å²) >= 11 is 0.